The van der Waals surface area contributed by atoms with E-state index in [1.54, 1.807) is 13.0 Å². The maximum absolute atomic E-state index is 13.5. The molecule has 1 aromatic heterocycles. The topological polar surface area (TPSA) is 57.8 Å². The molecular weight excluding hydrogens is 245 g/mol. The average molecular weight is 254 g/mol. The molecule has 0 radical (unpaired) electrons. The molecule has 2 aromatic rings. The highest BCUT2D eigenvalue weighted by Gasteiger charge is 2.14. The number of amides is 1. The second-order valence-electron chi connectivity index (χ2n) is 3.46. The number of aromatic nitrogens is 2. The first-order chi connectivity index (χ1) is 8.09. The average Bonchev–Trinajstić information content (AvgIpc) is 2.71. The van der Waals surface area contributed by atoms with Crippen LogP contribution in [0.15, 0.2) is 24.4 Å². The van der Waals surface area contributed by atoms with Crippen LogP contribution in [0.2, 0.25) is 5.02 Å². The molecule has 0 spiro atoms. The summed E-state index contributed by atoms with van der Waals surface area (Å²) >= 11 is 5.61. The quantitative estimate of drug-likeness (QED) is 0.865. The van der Waals surface area contributed by atoms with Crippen LogP contribution in [-0.4, -0.2) is 16.1 Å². The number of H-pyrrole nitrogens is 1. The molecule has 2 N–H and O–H groups in total. The Balaban J connectivity index is 2.25. The number of carbonyl (C=O) groups is 1. The lowest BCUT2D eigenvalue weighted by atomic mass is 10.2. The van der Waals surface area contributed by atoms with Crippen LogP contribution >= 0.6 is 11.6 Å². The fraction of sp³-hybridized carbons (Fsp3) is 0.0909. The van der Waals surface area contributed by atoms with Crippen LogP contribution in [0.3, 0.4) is 0 Å². The Kier molecular flexibility index (Phi) is 3.10. The summed E-state index contributed by atoms with van der Waals surface area (Å²) in [6.45, 7) is 1.70. The Morgan fingerprint density at radius 2 is 2.29 bits per heavy atom. The van der Waals surface area contributed by atoms with Crippen molar-refractivity contribution in [2.24, 2.45) is 0 Å². The molecule has 0 fully saturated rings. The Morgan fingerprint density at radius 3 is 2.94 bits per heavy atom. The third-order valence-corrected chi connectivity index (χ3v) is 2.57. The van der Waals surface area contributed by atoms with Gasteiger partial charge in [-0.2, -0.15) is 5.10 Å². The van der Waals surface area contributed by atoms with Crippen LogP contribution in [0.4, 0.5) is 10.1 Å². The van der Waals surface area contributed by atoms with Gasteiger partial charge in [-0.25, -0.2) is 4.39 Å². The van der Waals surface area contributed by atoms with Crippen LogP contribution in [-0.2, 0) is 0 Å². The van der Waals surface area contributed by atoms with Crippen molar-refractivity contribution in [1.29, 1.82) is 0 Å². The van der Waals surface area contributed by atoms with E-state index in [1.807, 2.05) is 0 Å². The molecule has 6 heteroatoms. The maximum Gasteiger partial charge on any atom is 0.259 e. The predicted octanol–water partition coefficient (Wildman–Crippen LogP) is 2.76. The zero-order valence-corrected chi connectivity index (χ0v) is 9.68. The first-order valence-corrected chi connectivity index (χ1v) is 5.22. The molecule has 0 saturated carbocycles. The highest BCUT2D eigenvalue weighted by molar-refractivity contribution is 6.31. The third-order valence-electron chi connectivity index (χ3n) is 2.27. The Hall–Kier alpha value is -1.88. The molecule has 2 rings (SSSR count). The Morgan fingerprint density at radius 1 is 1.53 bits per heavy atom. The number of hydrogen-bond acceptors (Lipinski definition) is 2. The van der Waals surface area contributed by atoms with Crippen LogP contribution < -0.4 is 5.32 Å². The van der Waals surface area contributed by atoms with E-state index in [2.05, 4.69) is 15.5 Å². The maximum atomic E-state index is 13.5. The summed E-state index contributed by atoms with van der Waals surface area (Å²) in [5.41, 5.74) is 1.03. The van der Waals surface area contributed by atoms with Gasteiger partial charge >= 0.3 is 0 Å². The van der Waals surface area contributed by atoms with Gasteiger partial charge in [-0.3, -0.25) is 9.89 Å². The second kappa shape index (κ2) is 4.55. The van der Waals surface area contributed by atoms with Gasteiger partial charge in [0.1, 0.15) is 0 Å². The molecule has 0 atom stereocenters. The van der Waals surface area contributed by atoms with Crippen LogP contribution in [0.25, 0.3) is 0 Å². The van der Waals surface area contributed by atoms with E-state index < -0.39 is 11.7 Å². The van der Waals surface area contributed by atoms with Gasteiger partial charge in [0.15, 0.2) is 5.82 Å². The molecule has 0 bridgehead atoms. The number of aryl methyl sites for hydroxylation is 1. The van der Waals surface area contributed by atoms with Crippen LogP contribution in [0.1, 0.15) is 16.1 Å². The number of aromatic amines is 1. The van der Waals surface area contributed by atoms with E-state index in [1.165, 1.54) is 18.3 Å². The Labute approximate surface area is 102 Å². The number of halogens is 2. The van der Waals surface area contributed by atoms with Crippen molar-refractivity contribution in [3.05, 3.63) is 46.5 Å². The first-order valence-electron chi connectivity index (χ1n) is 4.85. The van der Waals surface area contributed by atoms with E-state index >= 15 is 0 Å². The zero-order chi connectivity index (χ0) is 12.4. The molecule has 88 valence electrons. The summed E-state index contributed by atoms with van der Waals surface area (Å²) in [4.78, 5) is 11.8. The molecule has 1 aromatic carbocycles. The van der Waals surface area contributed by atoms with E-state index in [0.29, 0.717) is 11.3 Å². The Bertz CT molecular complexity index is 568. The standard InChI is InChI=1S/C11H9ClFN3O/c1-6-7(5-14-16-6)11(17)15-9-4-2-3-8(12)10(9)13/h2-5H,1H3,(H,14,16)(H,15,17). The molecule has 1 heterocycles. The minimum atomic E-state index is -0.649. The number of benzene rings is 1. The van der Waals surface area contributed by atoms with Crippen LogP contribution in [0.5, 0.6) is 0 Å². The molecule has 0 unspecified atom stereocenters. The summed E-state index contributed by atoms with van der Waals surface area (Å²) in [6.07, 6.45) is 1.38. The van der Waals surface area contributed by atoms with E-state index in [-0.39, 0.29) is 10.7 Å². The SMILES string of the molecule is Cc1[nH]ncc1C(=O)Nc1cccc(Cl)c1F. The molecule has 0 aliphatic heterocycles. The summed E-state index contributed by atoms with van der Waals surface area (Å²) in [5, 5.41) is 8.75. The summed E-state index contributed by atoms with van der Waals surface area (Å²) < 4.78 is 13.5. The van der Waals surface area contributed by atoms with Gasteiger partial charge in [0.05, 0.1) is 22.5 Å². The molecule has 4 nitrogen and oxygen atoms in total. The largest absolute Gasteiger partial charge is 0.319 e. The molecular formula is C11H9ClFN3O. The number of nitrogens with zero attached hydrogens (tertiary/aromatic N) is 1. The normalized spacial score (nSPS) is 10.3. The number of rotatable bonds is 2. The number of carbonyl (C=O) groups excluding carboxylic acids is 1. The predicted molar refractivity (Wildman–Crippen MR) is 62.7 cm³/mol. The zero-order valence-electron chi connectivity index (χ0n) is 8.92. The fourth-order valence-corrected chi connectivity index (χ4v) is 1.54. The number of anilines is 1. The van der Waals surface area contributed by atoms with Crippen LogP contribution in [0, 0.1) is 12.7 Å². The smallest absolute Gasteiger partial charge is 0.259 e. The second-order valence-corrected chi connectivity index (χ2v) is 3.87. The summed E-state index contributed by atoms with van der Waals surface area (Å²) in [5.74, 6) is -1.08. The minimum Gasteiger partial charge on any atom is -0.319 e. The van der Waals surface area contributed by atoms with Gasteiger partial charge < -0.3 is 5.32 Å². The highest BCUT2D eigenvalue weighted by atomic mass is 35.5. The van der Waals surface area contributed by atoms with Crippen molar-refractivity contribution in [1.82, 2.24) is 10.2 Å². The van der Waals surface area contributed by atoms with Crippen molar-refractivity contribution in [3.8, 4) is 0 Å². The summed E-state index contributed by atoms with van der Waals surface area (Å²) in [6, 6.07) is 4.41. The molecule has 0 saturated heterocycles. The minimum absolute atomic E-state index is 0.0354. The monoisotopic (exact) mass is 253 g/mol. The number of nitrogens with one attached hydrogen (secondary N) is 2. The van der Waals surface area contributed by atoms with Gasteiger partial charge in [0, 0.05) is 5.69 Å². The van der Waals surface area contributed by atoms with Gasteiger partial charge in [-0.15, -0.1) is 0 Å². The number of hydrogen-bond donors (Lipinski definition) is 2. The lowest BCUT2D eigenvalue weighted by Crippen LogP contribution is -2.13. The molecule has 0 aliphatic carbocycles. The van der Waals surface area contributed by atoms with Crippen molar-refractivity contribution in [2.75, 3.05) is 5.32 Å². The van der Waals surface area contributed by atoms with E-state index in [9.17, 15) is 9.18 Å². The van der Waals surface area contributed by atoms with Gasteiger partial charge in [0.2, 0.25) is 0 Å². The first kappa shape index (κ1) is 11.6. The van der Waals surface area contributed by atoms with Gasteiger partial charge in [0.25, 0.3) is 5.91 Å². The molecule has 17 heavy (non-hydrogen) atoms. The fourth-order valence-electron chi connectivity index (χ4n) is 1.37. The van der Waals surface area contributed by atoms with Gasteiger partial charge in [-0.05, 0) is 19.1 Å². The highest BCUT2D eigenvalue weighted by Crippen LogP contribution is 2.22. The molecule has 0 aliphatic rings. The van der Waals surface area contributed by atoms with Crippen molar-refractivity contribution < 1.29 is 9.18 Å². The van der Waals surface area contributed by atoms with Crippen molar-refractivity contribution >= 4 is 23.2 Å². The van der Waals surface area contributed by atoms with E-state index in [4.69, 9.17) is 11.6 Å². The van der Waals surface area contributed by atoms with Gasteiger partial charge in [-0.1, -0.05) is 17.7 Å². The van der Waals surface area contributed by atoms with E-state index in [0.717, 1.165) is 0 Å². The lowest BCUT2D eigenvalue weighted by molar-refractivity contribution is 0.102. The van der Waals surface area contributed by atoms with Crippen molar-refractivity contribution in [3.63, 3.8) is 0 Å². The van der Waals surface area contributed by atoms with Crippen molar-refractivity contribution in [2.45, 2.75) is 6.92 Å². The third kappa shape index (κ3) is 2.29. The lowest BCUT2D eigenvalue weighted by Gasteiger charge is -2.06. The molecule has 1 amide bonds. The summed E-state index contributed by atoms with van der Waals surface area (Å²) in [7, 11) is 0.